The third-order valence-electron chi connectivity index (χ3n) is 2.44. The summed E-state index contributed by atoms with van der Waals surface area (Å²) in [5.41, 5.74) is 6.36. The number of carbonyl (C=O) groups excluding carboxylic acids is 1. The molecule has 0 aliphatic rings. The molecule has 2 N–H and O–H groups in total. The first-order chi connectivity index (χ1) is 8.17. The maximum Gasteiger partial charge on any atom is 0.319 e. The summed E-state index contributed by atoms with van der Waals surface area (Å²) in [6.07, 6.45) is 2.95. The Morgan fingerprint density at radius 3 is 2.59 bits per heavy atom. The molecule has 1 rings (SSSR count). The average molecular weight is 253 g/mol. The van der Waals surface area contributed by atoms with E-state index in [1.165, 1.54) is 18.9 Å². The van der Waals surface area contributed by atoms with Crippen LogP contribution >= 0.6 is 11.8 Å². The molecule has 0 spiro atoms. The highest BCUT2D eigenvalue weighted by atomic mass is 32.2. The second-order valence-electron chi connectivity index (χ2n) is 3.84. The fourth-order valence-corrected chi connectivity index (χ4v) is 2.56. The highest BCUT2D eigenvalue weighted by molar-refractivity contribution is 8.00. The van der Waals surface area contributed by atoms with Crippen LogP contribution in [-0.4, -0.2) is 18.3 Å². The average Bonchev–Trinajstić information content (AvgIpc) is 2.36. The molecule has 0 aromatic heterocycles. The van der Waals surface area contributed by atoms with Crippen LogP contribution in [0, 0.1) is 0 Å². The van der Waals surface area contributed by atoms with Crippen molar-refractivity contribution in [2.24, 2.45) is 0 Å². The van der Waals surface area contributed by atoms with Gasteiger partial charge in [-0.3, -0.25) is 4.79 Å². The van der Waals surface area contributed by atoms with Crippen molar-refractivity contribution >= 4 is 23.4 Å². The second-order valence-corrected chi connectivity index (χ2v) is 5.12. The molecule has 0 saturated heterocycles. The summed E-state index contributed by atoms with van der Waals surface area (Å²) >= 11 is 1.54. The van der Waals surface area contributed by atoms with Crippen molar-refractivity contribution < 1.29 is 9.53 Å². The van der Waals surface area contributed by atoms with Gasteiger partial charge < -0.3 is 10.5 Å². The van der Waals surface area contributed by atoms with Crippen molar-refractivity contribution in [1.29, 1.82) is 0 Å². The van der Waals surface area contributed by atoms with Gasteiger partial charge in [0, 0.05) is 10.6 Å². The molecule has 0 radical (unpaired) electrons. The Balaban J connectivity index is 2.64. The smallest absolute Gasteiger partial charge is 0.319 e. The standard InChI is InChI=1S/C13H19NO2S/c1-3-4-5-12(13(15)16-2)17-11-8-6-10(14)7-9-11/h6-9,12H,3-5,14H2,1-2H3. The number of ether oxygens (including phenoxy) is 1. The summed E-state index contributed by atoms with van der Waals surface area (Å²) in [5.74, 6) is -0.153. The highest BCUT2D eigenvalue weighted by Gasteiger charge is 2.19. The van der Waals surface area contributed by atoms with E-state index in [0.717, 1.165) is 29.8 Å². The number of thioether (sulfide) groups is 1. The lowest BCUT2D eigenvalue weighted by Crippen LogP contribution is -2.18. The maximum atomic E-state index is 11.6. The van der Waals surface area contributed by atoms with E-state index in [2.05, 4.69) is 6.92 Å². The Morgan fingerprint density at radius 1 is 1.41 bits per heavy atom. The van der Waals surface area contributed by atoms with E-state index in [1.54, 1.807) is 0 Å². The Morgan fingerprint density at radius 2 is 2.06 bits per heavy atom. The molecule has 1 atom stereocenters. The zero-order chi connectivity index (χ0) is 12.7. The Bertz CT molecular complexity index is 351. The Kier molecular flexibility index (Phi) is 5.91. The molecule has 94 valence electrons. The van der Waals surface area contributed by atoms with E-state index in [-0.39, 0.29) is 11.2 Å². The normalized spacial score (nSPS) is 12.1. The molecule has 0 aliphatic carbocycles. The largest absolute Gasteiger partial charge is 0.468 e. The lowest BCUT2D eigenvalue weighted by Gasteiger charge is -2.13. The van der Waals surface area contributed by atoms with E-state index < -0.39 is 0 Å². The van der Waals surface area contributed by atoms with Crippen LogP contribution in [0.15, 0.2) is 29.2 Å². The first-order valence-corrected chi connectivity index (χ1v) is 6.65. The minimum absolute atomic E-state index is 0.122. The summed E-state index contributed by atoms with van der Waals surface area (Å²) < 4.78 is 4.82. The van der Waals surface area contributed by atoms with E-state index in [0.29, 0.717) is 0 Å². The molecule has 0 fully saturated rings. The van der Waals surface area contributed by atoms with Crippen molar-refractivity contribution in [1.82, 2.24) is 0 Å². The minimum Gasteiger partial charge on any atom is -0.468 e. The molecular formula is C13H19NO2S. The van der Waals surface area contributed by atoms with Crippen LogP contribution in [0.2, 0.25) is 0 Å². The number of methoxy groups -OCH3 is 1. The van der Waals surface area contributed by atoms with Gasteiger partial charge in [-0.15, -0.1) is 11.8 Å². The van der Waals surface area contributed by atoms with Crippen molar-refractivity contribution in [2.45, 2.75) is 36.3 Å². The van der Waals surface area contributed by atoms with Crippen LogP contribution in [0.3, 0.4) is 0 Å². The monoisotopic (exact) mass is 253 g/mol. The molecule has 4 heteroatoms. The van der Waals surface area contributed by atoms with Crippen LogP contribution in [0.1, 0.15) is 26.2 Å². The van der Waals surface area contributed by atoms with E-state index in [1.807, 2.05) is 24.3 Å². The lowest BCUT2D eigenvalue weighted by atomic mass is 10.2. The third-order valence-corrected chi connectivity index (χ3v) is 3.70. The van der Waals surface area contributed by atoms with E-state index in [4.69, 9.17) is 10.5 Å². The summed E-state index contributed by atoms with van der Waals surface area (Å²) in [4.78, 5) is 12.7. The fraction of sp³-hybridized carbons (Fsp3) is 0.462. The quantitative estimate of drug-likeness (QED) is 0.481. The van der Waals surface area contributed by atoms with Gasteiger partial charge in [-0.2, -0.15) is 0 Å². The molecule has 0 amide bonds. The van der Waals surface area contributed by atoms with Gasteiger partial charge in [-0.05, 0) is 30.7 Å². The SMILES string of the molecule is CCCCC(Sc1ccc(N)cc1)C(=O)OC. The predicted octanol–water partition coefficient (Wildman–Crippen LogP) is 3.09. The van der Waals surface area contributed by atoms with Gasteiger partial charge in [0.1, 0.15) is 5.25 Å². The number of hydrogen-bond donors (Lipinski definition) is 1. The van der Waals surface area contributed by atoms with Crippen molar-refractivity contribution in [3.63, 3.8) is 0 Å². The molecule has 17 heavy (non-hydrogen) atoms. The van der Waals surface area contributed by atoms with Gasteiger partial charge in [0.05, 0.1) is 7.11 Å². The highest BCUT2D eigenvalue weighted by Crippen LogP contribution is 2.28. The topological polar surface area (TPSA) is 52.3 Å². The summed E-state index contributed by atoms with van der Waals surface area (Å²) in [5, 5.41) is -0.122. The van der Waals surface area contributed by atoms with Crippen molar-refractivity contribution in [3.8, 4) is 0 Å². The van der Waals surface area contributed by atoms with Crippen molar-refractivity contribution in [2.75, 3.05) is 12.8 Å². The molecule has 0 saturated carbocycles. The van der Waals surface area contributed by atoms with Gasteiger partial charge in [0.15, 0.2) is 0 Å². The summed E-state index contributed by atoms with van der Waals surface area (Å²) in [6, 6.07) is 7.55. The summed E-state index contributed by atoms with van der Waals surface area (Å²) in [6.45, 7) is 2.11. The molecule has 0 heterocycles. The van der Waals surface area contributed by atoms with Crippen LogP contribution < -0.4 is 5.73 Å². The molecule has 0 bridgehead atoms. The van der Waals surface area contributed by atoms with Gasteiger partial charge in [-0.1, -0.05) is 19.8 Å². The third kappa shape index (κ3) is 4.69. The van der Waals surface area contributed by atoms with Gasteiger partial charge in [0.25, 0.3) is 0 Å². The zero-order valence-electron chi connectivity index (χ0n) is 10.3. The molecule has 1 aromatic carbocycles. The van der Waals surface area contributed by atoms with E-state index >= 15 is 0 Å². The zero-order valence-corrected chi connectivity index (χ0v) is 11.1. The van der Waals surface area contributed by atoms with Crippen LogP contribution in [-0.2, 0) is 9.53 Å². The number of esters is 1. The first kappa shape index (κ1) is 13.9. The molecule has 3 nitrogen and oxygen atoms in total. The molecule has 0 aliphatic heterocycles. The number of carbonyl (C=O) groups is 1. The number of rotatable bonds is 6. The Hall–Kier alpha value is -1.16. The number of nitrogen functional groups attached to an aromatic ring is 1. The minimum atomic E-state index is -0.153. The van der Waals surface area contributed by atoms with Crippen LogP contribution in [0.4, 0.5) is 5.69 Å². The second kappa shape index (κ2) is 7.22. The molecule has 1 aromatic rings. The predicted molar refractivity (Wildman–Crippen MR) is 72.0 cm³/mol. The Labute approximate surface area is 107 Å². The molecular weight excluding hydrogens is 234 g/mol. The van der Waals surface area contributed by atoms with Gasteiger partial charge in [-0.25, -0.2) is 0 Å². The maximum absolute atomic E-state index is 11.6. The molecule has 1 unspecified atom stereocenters. The van der Waals surface area contributed by atoms with E-state index in [9.17, 15) is 4.79 Å². The lowest BCUT2D eigenvalue weighted by molar-refractivity contribution is -0.140. The number of hydrogen-bond acceptors (Lipinski definition) is 4. The number of nitrogens with two attached hydrogens (primary N) is 1. The number of anilines is 1. The van der Waals surface area contributed by atoms with Crippen LogP contribution in [0.5, 0.6) is 0 Å². The number of unbranched alkanes of at least 4 members (excludes halogenated alkanes) is 1. The van der Waals surface area contributed by atoms with Gasteiger partial charge in [0.2, 0.25) is 0 Å². The van der Waals surface area contributed by atoms with Gasteiger partial charge >= 0.3 is 5.97 Å². The van der Waals surface area contributed by atoms with Crippen LogP contribution in [0.25, 0.3) is 0 Å². The summed E-state index contributed by atoms with van der Waals surface area (Å²) in [7, 11) is 1.44. The number of benzene rings is 1. The first-order valence-electron chi connectivity index (χ1n) is 5.77. The fourth-order valence-electron chi connectivity index (χ4n) is 1.46. The van der Waals surface area contributed by atoms with Crippen molar-refractivity contribution in [3.05, 3.63) is 24.3 Å².